The molecule has 0 radical (unpaired) electrons. The highest BCUT2D eigenvalue weighted by molar-refractivity contribution is 7.89. The number of pyridine rings is 1. The zero-order chi connectivity index (χ0) is 31.2. The van der Waals surface area contributed by atoms with Gasteiger partial charge in [-0.2, -0.15) is 17.5 Å². The quantitative estimate of drug-likeness (QED) is 0.363. The third-order valence-corrected chi connectivity index (χ3v) is 11.0. The van der Waals surface area contributed by atoms with Gasteiger partial charge in [0.2, 0.25) is 15.9 Å². The highest BCUT2D eigenvalue weighted by Gasteiger charge is 2.42. The van der Waals surface area contributed by atoms with Gasteiger partial charge in [-0.15, -0.1) is 0 Å². The summed E-state index contributed by atoms with van der Waals surface area (Å²) in [5, 5.41) is 0. The van der Waals surface area contributed by atoms with Crippen molar-refractivity contribution in [2.24, 2.45) is 0 Å². The molecular formula is C31H41F3N4O5S. The van der Waals surface area contributed by atoms with Gasteiger partial charge in [0.15, 0.2) is 0 Å². The zero-order valence-corrected chi connectivity index (χ0v) is 25.7. The number of piperidine rings is 2. The normalized spacial score (nSPS) is 21.9. The van der Waals surface area contributed by atoms with Crippen LogP contribution in [0.15, 0.2) is 53.7 Å². The molecule has 3 aliphatic heterocycles. The first-order chi connectivity index (χ1) is 21.1. The summed E-state index contributed by atoms with van der Waals surface area (Å²) in [6.07, 6.45) is 4.09. The molecule has 3 saturated heterocycles. The number of carbonyl (C=O) groups is 1. The summed E-state index contributed by atoms with van der Waals surface area (Å²) in [5.41, 5.74) is -0.724. The molecule has 2 aromatic rings. The van der Waals surface area contributed by atoms with Crippen LogP contribution in [0.2, 0.25) is 0 Å². The average Bonchev–Trinajstić information content (AvgIpc) is 3.55. The highest BCUT2D eigenvalue weighted by Crippen LogP contribution is 2.38. The van der Waals surface area contributed by atoms with Crippen molar-refractivity contribution in [3.63, 3.8) is 0 Å². The molecule has 242 valence electrons. The number of benzene rings is 1. The van der Waals surface area contributed by atoms with Crippen molar-refractivity contribution in [3.05, 3.63) is 59.9 Å². The number of amides is 1. The number of halogens is 3. The number of rotatable bonds is 11. The molecule has 0 N–H and O–H groups in total. The van der Waals surface area contributed by atoms with E-state index < -0.39 is 38.3 Å². The molecule has 0 spiro atoms. The molecule has 13 heteroatoms. The monoisotopic (exact) mass is 638 g/mol. The maximum Gasteiger partial charge on any atom is 0.417 e. The molecule has 3 fully saturated rings. The van der Waals surface area contributed by atoms with Crippen molar-refractivity contribution in [1.29, 1.82) is 0 Å². The fourth-order valence-electron chi connectivity index (χ4n) is 6.53. The number of hydrogen-bond donors (Lipinski definition) is 0. The van der Waals surface area contributed by atoms with E-state index in [-0.39, 0.29) is 25.7 Å². The van der Waals surface area contributed by atoms with Crippen LogP contribution in [0.5, 0.6) is 0 Å². The van der Waals surface area contributed by atoms with Gasteiger partial charge in [0, 0.05) is 50.2 Å². The second kappa shape index (κ2) is 14.2. The molecule has 4 heterocycles. The molecule has 44 heavy (non-hydrogen) atoms. The number of hydrogen-bond acceptors (Lipinski definition) is 7. The van der Waals surface area contributed by atoms with Crippen molar-refractivity contribution in [3.8, 4) is 0 Å². The minimum atomic E-state index is -4.81. The topological polar surface area (TPSA) is 92.3 Å². The molecule has 1 aromatic heterocycles. The van der Waals surface area contributed by atoms with Crippen LogP contribution < -0.4 is 0 Å². The molecule has 3 aliphatic rings. The van der Waals surface area contributed by atoms with Crippen molar-refractivity contribution >= 4 is 15.9 Å². The van der Waals surface area contributed by atoms with E-state index >= 15 is 0 Å². The highest BCUT2D eigenvalue weighted by atomic mass is 32.2. The number of ether oxygens (including phenoxy) is 2. The number of sulfonamides is 1. The van der Waals surface area contributed by atoms with Gasteiger partial charge in [-0.3, -0.25) is 9.78 Å². The van der Waals surface area contributed by atoms with E-state index in [1.54, 1.807) is 11.1 Å². The van der Waals surface area contributed by atoms with Gasteiger partial charge >= 0.3 is 6.18 Å². The van der Waals surface area contributed by atoms with Gasteiger partial charge in [-0.1, -0.05) is 24.6 Å². The average molecular weight is 639 g/mol. The van der Waals surface area contributed by atoms with Gasteiger partial charge in [0.25, 0.3) is 0 Å². The SMILES string of the molecule is O=C(COC[C@@H]1CCCCN1S(=O)(=O)c1ccccc1C(F)(F)F)N1CCC(OCCN2CCCC2)(c2cccnc2)CC1. The van der Waals surface area contributed by atoms with Gasteiger partial charge in [0.05, 0.1) is 29.3 Å². The summed E-state index contributed by atoms with van der Waals surface area (Å²) in [6.45, 7) is 4.38. The third kappa shape index (κ3) is 7.61. The number of nitrogens with zero attached hydrogens (tertiary/aromatic N) is 4. The summed E-state index contributed by atoms with van der Waals surface area (Å²) in [6, 6.07) is 7.48. The minimum Gasteiger partial charge on any atom is -0.370 e. The van der Waals surface area contributed by atoms with E-state index in [0.717, 1.165) is 48.1 Å². The Morgan fingerprint density at radius 1 is 0.977 bits per heavy atom. The van der Waals surface area contributed by atoms with E-state index in [4.69, 9.17) is 9.47 Å². The van der Waals surface area contributed by atoms with E-state index in [1.165, 1.54) is 25.0 Å². The van der Waals surface area contributed by atoms with Crippen LogP contribution in [0.25, 0.3) is 0 Å². The van der Waals surface area contributed by atoms with Crippen molar-refractivity contribution in [2.45, 2.75) is 67.7 Å². The maximum atomic E-state index is 13.6. The van der Waals surface area contributed by atoms with Crippen LogP contribution in [-0.2, 0) is 36.1 Å². The van der Waals surface area contributed by atoms with Gasteiger partial charge in [-0.05, 0) is 69.8 Å². The van der Waals surface area contributed by atoms with Crippen LogP contribution in [0, 0.1) is 0 Å². The van der Waals surface area contributed by atoms with Crippen LogP contribution in [-0.4, -0.2) is 98.5 Å². The largest absolute Gasteiger partial charge is 0.417 e. The van der Waals surface area contributed by atoms with Crippen molar-refractivity contribution in [1.82, 2.24) is 19.1 Å². The number of carbonyl (C=O) groups excluding carboxylic acids is 1. The number of aromatic nitrogens is 1. The fourth-order valence-corrected chi connectivity index (χ4v) is 8.42. The Hall–Kier alpha value is -2.58. The number of alkyl halides is 3. The molecule has 1 aromatic carbocycles. The van der Waals surface area contributed by atoms with Crippen molar-refractivity contribution in [2.75, 3.05) is 59.1 Å². The number of likely N-dealkylation sites (tertiary alicyclic amines) is 2. The van der Waals surface area contributed by atoms with E-state index in [0.29, 0.717) is 45.4 Å². The molecule has 1 atom stereocenters. The standard InChI is InChI=1S/C31H41F3N4O5S/c32-31(33,34)27-10-1-2-11-28(27)44(40,41)38-17-4-3-9-26(38)23-42-24-29(39)37-18-12-30(13-19-37,25-8-7-14-35-22-25)43-21-20-36-15-5-6-16-36/h1-2,7-8,10-11,14,22,26H,3-6,9,12-13,15-21,23-24H2/t26-/m0/s1. The smallest absolute Gasteiger partial charge is 0.370 e. The molecule has 0 aliphatic carbocycles. The fraction of sp³-hybridized carbons (Fsp3) is 0.613. The Kier molecular flexibility index (Phi) is 10.6. The van der Waals surface area contributed by atoms with Gasteiger partial charge in [0.1, 0.15) is 6.61 Å². The lowest BCUT2D eigenvalue weighted by molar-refractivity contribution is -0.145. The Labute approximate surface area is 257 Å². The minimum absolute atomic E-state index is 0.0772. The second-order valence-electron chi connectivity index (χ2n) is 11.8. The van der Waals surface area contributed by atoms with Crippen molar-refractivity contribution < 1.29 is 35.9 Å². The maximum absolute atomic E-state index is 13.6. The lowest BCUT2D eigenvalue weighted by Crippen LogP contribution is -2.49. The molecule has 0 saturated carbocycles. The predicted octanol–water partition coefficient (Wildman–Crippen LogP) is 4.29. The van der Waals surface area contributed by atoms with E-state index in [1.807, 2.05) is 18.3 Å². The van der Waals surface area contributed by atoms with Crippen LogP contribution in [0.4, 0.5) is 13.2 Å². The summed E-state index contributed by atoms with van der Waals surface area (Å²) < 4.78 is 81.1. The molecule has 1 amide bonds. The molecule has 5 rings (SSSR count). The summed E-state index contributed by atoms with van der Waals surface area (Å²) >= 11 is 0. The Morgan fingerprint density at radius 3 is 2.41 bits per heavy atom. The lowest BCUT2D eigenvalue weighted by Gasteiger charge is -2.42. The molecule has 0 bridgehead atoms. The van der Waals surface area contributed by atoms with E-state index in [9.17, 15) is 26.4 Å². The van der Waals surface area contributed by atoms with Crippen LogP contribution in [0.3, 0.4) is 0 Å². The predicted molar refractivity (Wildman–Crippen MR) is 157 cm³/mol. The van der Waals surface area contributed by atoms with Crippen LogP contribution in [0.1, 0.15) is 56.1 Å². The first-order valence-electron chi connectivity index (χ1n) is 15.4. The summed E-state index contributed by atoms with van der Waals surface area (Å²) in [5.74, 6) is -0.213. The summed E-state index contributed by atoms with van der Waals surface area (Å²) in [4.78, 5) is 20.8. The second-order valence-corrected chi connectivity index (χ2v) is 13.6. The van der Waals surface area contributed by atoms with Gasteiger partial charge < -0.3 is 19.3 Å². The van der Waals surface area contributed by atoms with Gasteiger partial charge in [-0.25, -0.2) is 8.42 Å². The Balaban J connectivity index is 1.17. The Bertz CT molecular complexity index is 1350. The first kappa shape index (κ1) is 32.8. The molecular weight excluding hydrogens is 597 g/mol. The molecule has 9 nitrogen and oxygen atoms in total. The first-order valence-corrected chi connectivity index (χ1v) is 16.8. The summed E-state index contributed by atoms with van der Waals surface area (Å²) in [7, 11) is -4.43. The van der Waals surface area contributed by atoms with E-state index in [2.05, 4.69) is 9.88 Å². The molecule has 0 unspecified atom stereocenters. The lowest BCUT2D eigenvalue weighted by atomic mass is 9.85. The van der Waals surface area contributed by atoms with Crippen LogP contribution >= 0.6 is 0 Å². The Morgan fingerprint density at radius 2 is 1.70 bits per heavy atom. The third-order valence-electron chi connectivity index (χ3n) is 8.98. The zero-order valence-electron chi connectivity index (χ0n) is 24.9.